The number of carbonyl (C=O) groups excluding carboxylic acids is 1. The molecule has 1 amide bonds. The zero-order valence-electron chi connectivity index (χ0n) is 10.9. The van der Waals surface area contributed by atoms with Gasteiger partial charge in [-0.2, -0.15) is 0 Å². The fourth-order valence-corrected chi connectivity index (χ4v) is 2.72. The first kappa shape index (κ1) is 14.1. The van der Waals surface area contributed by atoms with Crippen molar-refractivity contribution in [1.29, 1.82) is 0 Å². The van der Waals surface area contributed by atoms with Crippen molar-refractivity contribution in [3.05, 3.63) is 33.8 Å². The molecule has 1 aliphatic heterocycles. The summed E-state index contributed by atoms with van der Waals surface area (Å²) >= 11 is 11.9. The number of hydrogen-bond donors (Lipinski definition) is 1. The van der Waals surface area contributed by atoms with Gasteiger partial charge in [0.25, 0.3) is 0 Å². The normalized spacial score (nSPS) is 24.6. The molecule has 4 nitrogen and oxygen atoms in total. The molecule has 1 aromatic carbocycles. The van der Waals surface area contributed by atoms with Crippen molar-refractivity contribution in [2.45, 2.75) is 24.5 Å². The van der Waals surface area contributed by atoms with Crippen LogP contribution in [0.15, 0.2) is 18.2 Å². The molecule has 2 aliphatic rings. The zero-order valence-corrected chi connectivity index (χ0v) is 12.5. The van der Waals surface area contributed by atoms with Crippen LogP contribution in [-0.4, -0.2) is 36.0 Å². The largest absolute Gasteiger partial charge is 0.370 e. The summed E-state index contributed by atoms with van der Waals surface area (Å²) in [6.07, 6.45) is 1.38. The summed E-state index contributed by atoms with van der Waals surface area (Å²) < 4.78 is 5.74. The second kappa shape index (κ2) is 5.19. The Bertz CT molecular complexity index is 546. The number of nitrogens with zero attached hydrogens (tertiary/aromatic N) is 1. The summed E-state index contributed by atoms with van der Waals surface area (Å²) in [6, 6.07) is 5.41. The van der Waals surface area contributed by atoms with Crippen molar-refractivity contribution in [2.24, 2.45) is 5.73 Å². The molecule has 0 aromatic heterocycles. The van der Waals surface area contributed by atoms with Crippen molar-refractivity contribution in [3.8, 4) is 0 Å². The highest BCUT2D eigenvalue weighted by Crippen LogP contribution is 2.36. The number of amides is 1. The maximum atomic E-state index is 12.3. The van der Waals surface area contributed by atoms with Crippen molar-refractivity contribution in [2.75, 3.05) is 19.7 Å². The van der Waals surface area contributed by atoms with Gasteiger partial charge in [-0.15, -0.1) is 0 Å². The van der Waals surface area contributed by atoms with Crippen LogP contribution >= 0.6 is 23.2 Å². The van der Waals surface area contributed by atoms with E-state index in [0.717, 1.165) is 18.4 Å². The van der Waals surface area contributed by atoms with Gasteiger partial charge in [0.1, 0.15) is 6.10 Å². The molecule has 0 radical (unpaired) electrons. The van der Waals surface area contributed by atoms with Crippen molar-refractivity contribution in [1.82, 2.24) is 4.90 Å². The minimum Gasteiger partial charge on any atom is -0.370 e. The minimum absolute atomic E-state index is 0.0332. The van der Waals surface area contributed by atoms with Crippen molar-refractivity contribution >= 4 is 29.1 Å². The maximum Gasteiger partial charge on any atom is 0.242 e. The van der Waals surface area contributed by atoms with Crippen LogP contribution in [0, 0.1) is 0 Å². The van der Waals surface area contributed by atoms with E-state index in [4.69, 9.17) is 33.7 Å². The molecule has 2 N–H and O–H groups in total. The first-order valence-electron chi connectivity index (χ1n) is 6.64. The predicted octanol–water partition coefficient (Wildman–Crippen LogP) is 2.38. The monoisotopic (exact) mass is 314 g/mol. The predicted molar refractivity (Wildman–Crippen MR) is 77.9 cm³/mol. The molecular weight excluding hydrogens is 299 g/mol. The zero-order chi connectivity index (χ0) is 14.3. The summed E-state index contributed by atoms with van der Waals surface area (Å²) in [5.41, 5.74) is 6.28. The lowest BCUT2D eigenvalue weighted by molar-refractivity contribution is -0.141. The topological polar surface area (TPSA) is 55.6 Å². The lowest BCUT2D eigenvalue weighted by Crippen LogP contribution is -2.50. The number of hydrogen-bond acceptors (Lipinski definition) is 3. The molecule has 1 aliphatic carbocycles. The van der Waals surface area contributed by atoms with Gasteiger partial charge in [-0.1, -0.05) is 29.3 Å². The third-order valence-corrected chi connectivity index (χ3v) is 4.62. The SMILES string of the molecule is NC1(C(=O)N2CCO[C@H](c3ccc(Cl)c(Cl)c3)C2)CC1. The number of benzene rings is 1. The van der Waals surface area contributed by atoms with Crippen LogP contribution in [-0.2, 0) is 9.53 Å². The van der Waals surface area contributed by atoms with E-state index >= 15 is 0 Å². The number of ether oxygens (including phenoxy) is 1. The third-order valence-electron chi connectivity index (χ3n) is 3.88. The Morgan fingerprint density at radius 1 is 1.35 bits per heavy atom. The smallest absolute Gasteiger partial charge is 0.242 e. The van der Waals surface area contributed by atoms with E-state index in [1.54, 1.807) is 17.0 Å². The number of carbonyl (C=O) groups is 1. The third kappa shape index (κ3) is 2.66. The molecule has 3 rings (SSSR count). The Labute approximate surface area is 127 Å². The van der Waals surface area contributed by atoms with Crippen LogP contribution in [0.3, 0.4) is 0 Å². The van der Waals surface area contributed by atoms with Gasteiger partial charge in [0, 0.05) is 6.54 Å². The lowest BCUT2D eigenvalue weighted by Gasteiger charge is -2.34. The molecule has 0 unspecified atom stereocenters. The molecule has 1 atom stereocenters. The van der Waals surface area contributed by atoms with E-state index < -0.39 is 5.54 Å². The molecule has 1 heterocycles. The molecule has 1 aromatic rings. The molecule has 1 saturated heterocycles. The highest BCUT2D eigenvalue weighted by Gasteiger charge is 2.48. The summed E-state index contributed by atoms with van der Waals surface area (Å²) in [7, 11) is 0. The van der Waals surface area contributed by atoms with Gasteiger partial charge in [-0.25, -0.2) is 0 Å². The Balaban J connectivity index is 1.74. The molecule has 2 fully saturated rings. The van der Waals surface area contributed by atoms with Crippen LogP contribution in [0.5, 0.6) is 0 Å². The van der Waals surface area contributed by atoms with E-state index in [1.165, 1.54) is 0 Å². The van der Waals surface area contributed by atoms with E-state index in [9.17, 15) is 4.79 Å². The van der Waals surface area contributed by atoms with Gasteiger partial charge < -0.3 is 15.4 Å². The Morgan fingerprint density at radius 2 is 2.10 bits per heavy atom. The Morgan fingerprint density at radius 3 is 2.75 bits per heavy atom. The maximum absolute atomic E-state index is 12.3. The van der Waals surface area contributed by atoms with E-state index in [0.29, 0.717) is 29.7 Å². The van der Waals surface area contributed by atoms with Crippen LogP contribution in [0.25, 0.3) is 0 Å². The van der Waals surface area contributed by atoms with Gasteiger partial charge in [-0.05, 0) is 30.5 Å². The average Bonchev–Trinajstić information content (AvgIpc) is 3.20. The fraction of sp³-hybridized carbons (Fsp3) is 0.500. The minimum atomic E-state index is -0.625. The first-order chi connectivity index (χ1) is 9.49. The first-order valence-corrected chi connectivity index (χ1v) is 7.40. The van der Waals surface area contributed by atoms with Crippen molar-refractivity contribution in [3.63, 3.8) is 0 Å². The second-order valence-electron chi connectivity index (χ2n) is 5.44. The molecule has 108 valence electrons. The number of morpholine rings is 1. The van der Waals surface area contributed by atoms with E-state index in [1.807, 2.05) is 6.07 Å². The van der Waals surface area contributed by atoms with Crippen LogP contribution in [0.2, 0.25) is 10.0 Å². The molecule has 20 heavy (non-hydrogen) atoms. The quantitative estimate of drug-likeness (QED) is 0.912. The highest BCUT2D eigenvalue weighted by molar-refractivity contribution is 6.42. The number of rotatable bonds is 2. The van der Waals surface area contributed by atoms with Gasteiger partial charge in [0.2, 0.25) is 5.91 Å². The number of halogens is 2. The molecule has 1 saturated carbocycles. The molecule has 0 bridgehead atoms. The van der Waals surface area contributed by atoms with E-state index in [-0.39, 0.29) is 12.0 Å². The van der Waals surface area contributed by atoms with Crippen LogP contribution in [0.1, 0.15) is 24.5 Å². The van der Waals surface area contributed by atoms with Gasteiger partial charge in [-0.3, -0.25) is 4.79 Å². The van der Waals surface area contributed by atoms with Gasteiger partial charge in [0.15, 0.2) is 0 Å². The second-order valence-corrected chi connectivity index (χ2v) is 6.25. The Kier molecular flexibility index (Phi) is 3.67. The van der Waals surface area contributed by atoms with E-state index in [2.05, 4.69) is 0 Å². The molecular formula is C14H16Cl2N2O2. The van der Waals surface area contributed by atoms with Crippen molar-refractivity contribution < 1.29 is 9.53 Å². The summed E-state index contributed by atoms with van der Waals surface area (Å²) in [5, 5.41) is 1.01. The van der Waals surface area contributed by atoms with Gasteiger partial charge >= 0.3 is 0 Å². The molecule has 6 heteroatoms. The fourth-order valence-electron chi connectivity index (χ4n) is 2.41. The van der Waals surface area contributed by atoms with Gasteiger partial charge in [0.05, 0.1) is 28.7 Å². The van der Waals surface area contributed by atoms with Crippen LogP contribution in [0.4, 0.5) is 0 Å². The summed E-state index contributed by atoms with van der Waals surface area (Å²) in [4.78, 5) is 14.1. The average molecular weight is 315 g/mol. The standard InChI is InChI=1S/C14H16Cl2N2O2/c15-10-2-1-9(7-11(10)16)12-8-18(5-6-20-12)13(19)14(17)3-4-14/h1-2,7,12H,3-6,8,17H2/t12-/m0/s1. The van der Waals surface area contributed by atoms with Crippen LogP contribution < -0.4 is 5.73 Å². The highest BCUT2D eigenvalue weighted by atomic mass is 35.5. The summed E-state index contributed by atoms with van der Waals surface area (Å²) in [5.74, 6) is 0.0332. The number of nitrogens with two attached hydrogens (primary N) is 1. The Hall–Kier alpha value is -0.810. The summed E-state index contributed by atoms with van der Waals surface area (Å²) in [6.45, 7) is 1.61. The molecule has 0 spiro atoms. The lowest BCUT2D eigenvalue weighted by atomic mass is 10.1.